The second-order valence-corrected chi connectivity index (χ2v) is 4.60. The third-order valence-corrected chi connectivity index (χ3v) is 3.21. The van der Waals surface area contributed by atoms with Gasteiger partial charge in [-0.15, -0.1) is 0 Å². The molecule has 4 nitrogen and oxygen atoms in total. The summed E-state index contributed by atoms with van der Waals surface area (Å²) in [5.74, 6) is 0.464. The monoisotopic (exact) mass is 214 g/mol. The van der Waals surface area contributed by atoms with E-state index in [1.807, 2.05) is 0 Å². The van der Waals surface area contributed by atoms with E-state index >= 15 is 0 Å². The molecular formula is C11H22N2O2. The molecule has 15 heavy (non-hydrogen) atoms. The summed E-state index contributed by atoms with van der Waals surface area (Å²) < 4.78 is 4.62. The lowest BCUT2D eigenvalue weighted by molar-refractivity contribution is -0.142. The zero-order valence-corrected chi connectivity index (χ0v) is 9.90. The van der Waals surface area contributed by atoms with E-state index in [9.17, 15) is 4.79 Å². The van der Waals surface area contributed by atoms with Crippen molar-refractivity contribution in [3.63, 3.8) is 0 Å². The molecule has 1 fully saturated rings. The molecule has 0 amide bonds. The van der Waals surface area contributed by atoms with Crippen LogP contribution in [0.4, 0.5) is 0 Å². The molecule has 1 heterocycles. The van der Waals surface area contributed by atoms with Gasteiger partial charge in [0.1, 0.15) is 6.04 Å². The first-order valence-electron chi connectivity index (χ1n) is 5.62. The van der Waals surface area contributed by atoms with Crippen molar-refractivity contribution in [1.82, 2.24) is 4.90 Å². The van der Waals surface area contributed by atoms with E-state index in [0.717, 1.165) is 12.5 Å². The van der Waals surface area contributed by atoms with Crippen LogP contribution in [-0.2, 0) is 9.53 Å². The molecule has 1 aliphatic rings. The van der Waals surface area contributed by atoms with Gasteiger partial charge < -0.3 is 10.5 Å². The number of hydrogen-bond acceptors (Lipinski definition) is 4. The molecule has 0 aromatic heterocycles. The Labute approximate surface area is 91.8 Å². The van der Waals surface area contributed by atoms with Crippen LogP contribution in [0.3, 0.4) is 0 Å². The molecule has 4 heteroatoms. The summed E-state index contributed by atoms with van der Waals surface area (Å²) in [6.07, 6.45) is 2.38. The van der Waals surface area contributed by atoms with E-state index in [0.29, 0.717) is 12.6 Å². The average Bonchev–Trinajstić information content (AvgIpc) is 2.20. The van der Waals surface area contributed by atoms with Gasteiger partial charge in [-0.05, 0) is 32.2 Å². The van der Waals surface area contributed by atoms with Crippen molar-refractivity contribution >= 4 is 5.97 Å². The summed E-state index contributed by atoms with van der Waals surface area (Å²) in [4.78, 5) is 13.5. The van der Waals surface area contributed by atoms with Crippen molar-refractivity contribution in [2.45, 2.75) is 38.8 Å². The normalized spacial score (nSPS) is 29.9. The Morgan fingerprint density at radius 2 is 2.27 bits per heavy atom. The summed E-state index contributed by atoms with van der Waals surface area (Å²) in [6.45, 7) is 6.11. The highest BCUT2D eigenvalue weighted by molar-refractivity contribution is 5.75. The van der Waals surface area contributed by atoms with Gasteiger partial charge in [-0.3, -0.25) is 9.69 Å². The Hall–Kier alpha value is -0.610. The molecule has 0 aromatic carbocycles. The number of nitrogens with zero attached hydrogens (tertiary/aromatic N) is 1. The minimum atomic E-state index is -0.508. The molecule has 3 unspecified atom stereocenters. The molecule has 0 aliphatic carbocycles. The maximum absolute atomic E-state index is 11.2. The van der Waals surface area contributed by atoms with E-state index in [4.69, 9.17) is 5.73 Å². The zero-order valence-electron chi connectivity index (χ0n) is 9.90. The molecule has 0 aromatic rings. The molecule has 2 N–H and O–H groups in total. The first-order chi connectivity index (χ1) is 7.04. The number of nitrogens with two attached hydrogens (primary N) is 1. The fourth-order valence-electron chi connectivity index (χ4n) is 2.21. The summed E-state index contributed by atoms with van der Waals surface area (Å²) in [5.41, 5.74) is 5.74. The lowest BCUT2D eigenvalue weighted by Crippen LogP contribution is -2.49. The van der Waals surface area contributed by atoms with Gasteiger partial charge in [0.15, 0.2) is 0 Å². The molecule has 1 aliphatic heterocycles. The fourth-order valence-corrected chi connectivity index (χ4v) is 2.21. The van der Waals surface area contributed by atoms with Crippen LogP contribution in [0.25, 0.3) is 0 Å². The van der Waals surface area contributed by atoms with Crippen LogP contribution in [-0.4, -0.2) is 43.2 Å². The largest absolute Gasteiger partial charge is 0.468 e. The topological polar surface area (TPSA) is 55.6 Å². The Kier molecular flexibility index (Phi) is 4.54. The van der Waals surface area contributed by atoms with Crippen molar-refractivity contribution in [1.29, 1.82) is 0 Å². The Bertz CT molecular complexity index is 221. The van der Waals surface area contributed by atoms with Crippen LogP contribution in [0.2, 0.25) is 0 Å². The highest BCUT2D eigenvalue weighted by Crippen LogP contribution is 2.21. The van der Waals surface area contributed by atoms with Crippen molar-refractivity contribution in [3.05, 3.63) is 0 Å². The SMILES string of the molecule is COC(=O)C(N)CN1CCC(C)CC1C. The number of likely N-dealkylation sites (tertiary alicyclic amines) is 1. The molecule has 0 saturated carbocycles. The molecule has 1 saturated heterocycles. The predicted molar refractivity (Wildman–Crippen MR) is 59.4 cm³/mol. The third-order valence-electron chi connectivity index (χ3n) is 3.21. The van der Waals surface area contributed by atoms with Crippen LogP contribution in [0.15, 0.2) is 0 Å². The van der Waals surface area contributed by atoms with Crippen LogP contribution in [0.5, 0.6) is 0 Å². The number of carbonyl (C=O) groups excluding carboxylic acids is 1. The molecule has 0 radical (unpaired) electrons. The molecule has 88 valence electrons. The highest BCUT2D eigenvalue weighted by Gasteiger charge is 2.26. The summed E-state index contributed by atoms with van der Waals surface area (Å²) in [6, 6.07) is 0.00955. The number of methoxy groups -OCH3 is 1. The zero-order chi connectivity index (χ0) is 11.4. The number of rotatable bonds is 3. The lowest BCUT2D eigenvalue weighted by atomic mass is 9.93. The molecule has 1 rings (SSSR count). The number of esters is 1. The van der Waals surface area contributed by atoms with E-state index in [1.54, 1.807) is 0 Å². The minimum Gasteiger partial charge on any atom is -0.468 e. The molecular weight excluding hydrogens is 192 g/mol. The number of hydrogen-bond donors (Lipinski definition) is 1. The molecule has 0 bridgehead atoms. The van der Waals surface area contributed by atoms with Gasteiger partial charge in [-0.1, -0.05) is 6.92 Å². The van der Waals surface area contributed by atoms with Crippen molar-refractivity contribution in [3.8, 4) is 0 Å². The Morgan fingerprint density at radius 3 is 2.80 bits per heavy atom. The van der Waals surface area contributed by atoms with Gasteiger partial charge in [-0.2, -0.15) is 0 Å². The number of carbonyl (C=O) groups is 1. The number of ether oxygens (including phenoxy) is 1. The van der Waals surface area contributed by atoms with Gasteiger partial charge in [-0.25, -0.2) is 0 Å². The van der Waals surface area contributed by atoms with Crippen LogP contribution >= 0.6 is 0 Å². The minimum absolute atomic E-state index is 0.319. The molecule has 3 atom stereocenters. The summed E-state index contributed by atoms with van der Waals surface area (Å²) in [5, 5.41) is 0. The lowest BCUT2D eigenvalue weighted by Gasteiger charge is -2.37. The van der Waals surface area contributed by atoms with E-state index in [-0.39, 0.29) is 5.97 Å². The van der Waals surface area contributed by atoms with Gasteiger partial charge in [0, 0.05) is 12.6 Å². The van der Waals surface area contributed by atoms with E-state index < -0.39 is 6.04 Å². The van der Waals surface area contributed by atoms with E-state index in [2.05, 4.69) is 23.5 Å². The van der Waals surface area contributed by atoms with Gasteiger partial charge in [0.05, 0.1) is 7.11 Å². The van der Waals surface area contributed by atoms with Crippen molar-refractivity contribution in [2.75, 3.05) is 20.2 Å². The standard InChI is InChI=1S/C11H22N2O2/c1-8-4-5-13(9(2)6-8)7-10(12)11(14)15-3/h8-10H,4-7,12H2,1-3H3. The summed E-state index contributed by atoms with van der Waals surface area (Å²) in [7, 11) is 1.38. The Balaban J connectivity index is 2.41. The predicted octanol–water partition coefficient (Wildman–Crippen LogP) is 0.607. The Morgan fingerprint density at radius 1 is 1.60 bits per heavy atom. The van der Waals surface area contributed by atoms with Crippen LogP contribution < -0.4 is 5.73 Å². The van der Waals surface area contributed by atoms with Gasteiger partial charge in [0.25, 0.3) is 0 Å². The van der Waals surface area contributed by atoms with Gasteiger partial charge >= 0.3 is 5.97 Å². The van der Waals surface area contributed by atoms with Crippen LogP contribution in [0, 0.1) is 5.92 Å². The van der Waals surface area contributed by atoms with Crippen molar-refractivity contribution in [2.24, 2.45) is 11.7 Å². The average molecular weight is 214 g/mol. The van der Waals surface area contributed by atoms with E-state index in [1.165, 1.54) is 20.0 Å². The quantitative estimate of drug-likeness (QED) is 0.699. The first-order valence-corrected chi connectivity index (χ1v) is 5.62. The van der Waals surface area contributed by atoms with Crippen LogP contribution in [0.1, 0.15) is 26.7 Å². The summed E-state index contributed by atoms with van der Waals surface area (Å²) >= 11 is 0. The van der Waals surface area contributed by atoms with Gasteiger partial charge in [0.2, 0.25) is 0 Å². The fraction of sp³-hybridized carbons (Fsp3) is 0.909. The maximum atomic E-state index is 11.2. The van der Waals surface area contributed by atoms with Crippen molar-refractivity contribution < 1.29 is 9.53 Å². The number of piperidine rings is 1. The second-order valence-electron chi connectivity index (χ2n) is 4.60. The smallest absolute Gasteiger partial charge is 0.323 e. The second kappa shape index (κ2) is 5.47. The third kappa shape index (κ3) is 3.47. The molecule has 0 spiro atoms. The maximum Gasteiger partial charge on any atom is 0.323 e. The first kappa shape index (κ1) is 12.5. The highest BCUT2D eigenvalue weighted by atomic mass is 16.5.